The van der Waals surface area contributed by atoms with Crippen molar-refractivity contribution in [3.63, 3.8) is 0 Å². The highest BCUT2D eigenvalue weighted by Crippen LogP contribution is 2.29. The molecule has 1 amide bonds. The quantitative estimate of drug-likeness (QED) is 0.548. The number of hydrogen-bond donors (Lipinski definition) is 2. The number of benzene rings is 1. The van der Waals surface area contributed by atoms with Crippen LogP contribution < -0.4 is 5.73 Å². The molecule has 110 valence electrons. The Labute approximate surface area is 128 Å². The fraction of sp³-hybridized carbons (Fsp3) is 0. The molecule has 0 fully saturated rings. The Kier molecular flexibility index (Phi) is 3.43. The average Bonchev–Trinajstić information content (AvgIpc) is 2.95. The maximum absolute atomic E-state index is 10.6. The van der Waals surface area contributed by atoms with E-state index in [1.165, 1.54) is 18.8 Å². The van der Waals surface area contributed by atoms with Gasteiger partial charge in [-0.15, -0.1) is 0 Å². The van der Waals surface area contributed by atoms with Gasteiger partial charge in [0.05, 0.1) is 10.7 Å². The molecule has 2 aromatic heterocycles. The van der Waals surface area contributed by atoms with Crippen molar-refractivity contribution in [2.24, 2.45) is 10.7 Å². The van der Waals surface area contributed by atoms with Crippen LogP contribution >= 0.6 is 11.6 Å². The minimum atomic E-state index is -1.40. The summed E-state index contributed by atoms with van der Waals surface area (Å²) in [6.07, 6.45) is 1.15. The van der Waals surface area contributed by atoms with Gasteiger partial charge in [0.25, 0.3) is 0 Å². The Morgan fingerprint density at radius 1 is 1.27 bits per heavy atom. The van der Waals surface area contributed by atoms with Crippen LogP contribution in [0.25, 0.3) is 22.4 Å². The van der Waals surface area contributed by atoms with Crippen LogP contribution in [0.1, 0.15) is 5.69 Å². The van der Waals surface area contributed by atoms with Gasteiger partial charge in [-0.1, -0.05) is 11.6 Å². The molecule has 2 heterocycles. The van der Waals surface area contributed by atoms with Crippen molar-refractivity contribution < 1.29 is 14.3 Å². The number of hydrogen-bond acceptors (Lipinski definition) is 5. The third-order valence-electron chi connectivity index (χ3n) is 2.83. The van der Waals surface area contributed by atoms with Gasteiger partial charge in [0.15, 0.2) is 17.8 Å². The Morgan fingerprint density at radius 2 is 2.09 bits per heavy atom. The van der Waals surface area contributed by atoms with E-state index in [1.807, 2.05) is 0 Å². The van der Waals surface area contributed by atoms with Crippen LogP contribution in [0.2, 0.25) is 5.02 Å². The first-order valence-electron chi connectivity index (χ1n) is 5.97. The van der Waals surface area contributed by atoms with Gasteiger partial charge in [-0.05, 0) is 18.2 Å². The molecule has 0 saturated heterocycles. The van der Waals surface area contributed by atoms with E-state index in [-0.39, 0.29) is 11.5 Å². The van der Waals surface area contributed by atoms with E-state index < -0.39 is 6.09 Å². The lowest BCUT2D eigenvalue weighted by Crippen LogP contribution is -2.17. The SMILES string of the molecule is NC(=NC(=O)O)c1cc(-c2cc(Cl)c3ncoc3c2)ncn1. The fourth-order valence-corrected chi connectivity index (χ4v) is 2.15. The first-order chi connectivity index (χ1) is 10.5. The van der Waals surface area contributed by atoms with Crippen molar-refractivity contribution in [1.82, 2.24) is 15.0 Å². The highest BCUT2D eigenvalue weighted by atomic mass is 35.5. The van der Waals surface area contributed by atoms with Gasteiger partial charge < -0.3 is 15.3 Å². The molecule has 0 spiro atoms. The number of fused-ring (bicyclic) bond motifs is 1. The number of nitrogens with two attached hydrogens (primary N) is 1. The molecule has 22 heavy (non-hydrogen) atoms. The van der Waals surface area contributed by atoms with Crippen molar-refractivity contribution in [2.45, 2.75) is 0 Å². The second kappa shape index (κ2) is 5.41. The maximum Gasteiger partial charge on any atom is 0.433 e. The lowest BCUT2D eigenvalue weighted by molar-refractivity contribution is 0.205. The molecule has 0 atom stereocenters. The van der Waals surface area contributed by atoms with E-state index in [9.17, 15) is 4.79 Å². The summed E-state index contributed by atoms with van der Waals surface area (Å²) in [4.78, 5) is 25.8. The van der Waals surface area contributed by atoms with Gasteiger partial charge in [-0.25, -0.2) is 19.7 Å². The number of amidine groups is 1. The molecule has 0 aliphatic carbocycles. The van der Waals surface area contributed by atoms with E-state index >= 15 is 0 Å². The Hall–Kier alpha value is -3.00. The number of oxazole rings is 1. The van der Waals surface area contributed by atoms with E-state index in [1.54, 1.807) is 12.1 Å². The van der Waals surface area contributed by atoms with Gasteiger partial charge in [-0.2, -0.15) is 4.99 Å². The van der Waals surface area contributed by atoms with E-state index in [2.05, 4.69) is 19.9 Å². The molecular formula is C13H8ClN5O3. The smallest absolute Gasteiger partial charge is 0.433 e. The maximum atomic E-state index is 10.6. The Balaban J connectivity index is 2.09. The van der Waals surface area contributed by atoms with Crippen molar-refractivity contribution in [1.29, 1.82) is 0 Å². The molecule has 1 aromatic carbocycles. The molecule has 0 saturated carbocycles. The van der Waals surface area contributed by atoms with Crippen molar-refractivity contribution >= 4 is 34.6 Å². The monoisotopic (exact) mass is 317 g/mol. The van der Waals surface area contributed by atoms with Crippen LogP contribution in [0.4, 0.5) is 4.79 Å². The number of aromatic nitrogens is 3. The largest absolute Gasteiger partial charge is 0.463 e. The molecule has 0 unspecified atom stereocenters. The van der Waals surface area contributed by atoms with Crippen LogP contribution in [0.3, 0.4) is 0 Å². The zero-order chi connectivity index (χ0) is 15.7. The van der Waals surface area contributed by atoms with Gasteiger partial charge in [0.1, 0.15) is 17.5 Å². The van der Waals surface area contributed by atoms with Gasteiger partial charge in [-0.3, -0.25) is 0 Å². The average molecular weight is 318 g/mol. The summed E-state index contributed by atoms with van der Waals surface area (Å²) in [6, 6.07) is 4.89. The van der Waals surface area contributed by atoms with E-state index in [4.69, 9.17) is 26.9 Å². The summed E-state index contributed by atoms with van der Waals surface area (Å²) in [5.74, 6) is -0.219. The zero-order valence-electron chi connectivity index (χ0n) is 10.9. The van der Waals surface area contributed by atoms with Crippen LogP contribution in [0.15, 0.2) is 40.3 Å². The molecule has 0 bridgehead atoms. The summed E-state index contributed by atoms with van der Waals surface area (Å²) in [5, 5.41) is 9.03. The standard InChI is InChI=1S/C13H8ClN5O3/c14-7-1-6(2-10-11(7)18-5-22-10)8-3-9(17-4-16-8)12(15)19-13(20)21/h1-5H,(H2,15,19)(H,20,21). The van der Waals surface area contributed by atoms with Crippen molar-refractivity contribution in [3.05, 3.63) is 41.6 Å². The van der Waals surface area contributed by atoms with Crippen LogP contribution in [0, 0.1) is 0 Å². The summed E-state index contributed by atoms with van der Waals surface area (Å²) in [5.41, 5.74) is 7.97. The second-order valence-electron chi connectivity index (χ2n) is 4.23. The number of halogens is 1. The Morgan fingerprint density at radius 3 is 2.86 bits per heavy atom. The van der Waals surface area contributed by atoms with Crippen LogP contribution in [0.5, 0.6) is 0 Å². The molecule has 3 N–H and O–H groups in total. The predicted molar refractivity (Wildman–Crippen MR) is 78.8 cm³/mol. The third-order valence-corrected chi connectivity index (χ3v) is 3.12. The van der Waals surface area contributed by atoms with Gasteiger partial charge >= 0.3 is 6.09 Å². The molecule has 0 radical (unpaired) electrons. The second-order valence-corrected chi connectivity index (χ2v) is 4.63. The Bertz CT molecular complexity index is 906. The normalized spacial score (nSPS) is 11.8. The summed E-state index contributed by atoms with van der Waals surface area (Å²) < 4.78 is 5.23. The fourth-order valence-electron chi connectivity index (χ4n) is 1.89. The predicted octanol–water partition coefficient (Wildman–Crippen LogP) is 2.32. The number of rotatable bonds is 2. The minimum absolute atomic E-state index is 0.196. The molecule has 3 aromatic rings. The minimum Gasteiger partial charge on any atom is -0.463 e. The number of carbonyl (C=O) groups is 1. The number of aliphatic imine (C=N–C) groups is 1. The summed E-state index contributed by atoms with van der Waals surface area (Å²) in [6.45, 7) is 0. The summed E-state index contributed by atoms with van der Waals surface area (Å²) >= 11 is 6.13. The highest BCUT2D eigenvalue weighted by Gasteiger charge is 2.11. The van der Waals surface area contributed by atoms with E-state index in [0.717, 1.165) is 0 Å². The molecular weight excluding hydrogens is 310 g/mol. The number of amides is 1. The van der Waals surface area contributed by atoms with Crippen molar-refractivity contribution in [2.75, 3.05) is 0 Å². The molecule has 0 aliphatic rings. The van der Waals surface area contributed by atoms with E-state index in [0.29, 0.717) is 27.4 Å². The number of nitrogens with zero attached hydrogens (tertiary/aromatic N) is 4. The molecule has 9 heteroatoms. The van der Waals surface area contributed by atoms with Crippen LogP contribution in [-0.2, 0) is 0 Å². The van der Waals surface area contributed by atoms with Crippen LogP contribution in [-0.4, -0.2) is 32.0 Å². The zero-order valence-corrected chi connectivity index (χ0v) is 11.7. The number of carboxylic acid groups (broad SMARTS) is 1. The van der Waals surface area contributed by atoms with Gasteiger partial charge in [0, 0.05) is 5.56 Å². The lowest BCUT2D eigenvalue weighted by Gasteiger charge is -2.04. The summed E-state index contributed by atoms with van der Waals surface area (Å²) in [7, 11) is 0. The highest BCUT2D eigenvalue weighted by molar-refractivity contribution is 6.35. The molecule has 8 nitrogen and oxygen atoms in total. The molecule has 0 aliphatic heterocycles. The third kappa shape index (κ3) is 2.59. The van der Waals surface area contributed by atoms with Gasteiger partial charge in [0.2, 0.25) is 0 Å². The first-order valence-corrected chi connectivity index (χ1v) is 6.35. The first kappa shape index (κ1) is 14.0. The molecule has 3 rings (SSSR count). The topological polar surface area (TPSA) is 127 Å². The lowest BCUT2D eigenvalue weighted by atomic mass is 10.1. The van der Waals surface area contributed by atoms with Crippen molar-refractivity contribution in [3.8, 4) is 11.3 Å².